The minimum atomic E-state index is -0.273. The fraction of sp³-hybridized carbons (Fsp3) is 0.0870. The summed E-state index contributed by atoms with van der Waals surface area (Å²) >= 11 is 1.60. The number of benzene rings is 2. The van der Waals surface area contributed by atoms with Crippen molar-refractivity contribution < 1.29 is 4.79 Å². The van der Waals surface area contributed by atoms with Crippen LogP contribution < -0.4 is 10.9 Å². The summed E-state index contributed by atoms with van der Waals surface area (Å²) in [6.07, 6.45) is 2.17. The van der Waals surface area contributed by atoms with Gasteiger partial charge in [-0.15, -0.1) is 11.3 Å². The van der Waals surface area contributed by atoms with E-state index in [1.54, 1.807) is 28.0 Å². The molecule has 0 bridgehead atoms. The van der Waals surface area contributed by atoms with Crippen molar-refractivity contribution in [2.45, 2.75) is 12.5 Å². The number of rotatable bonds is 5. The van der Waals surface area contributed by atoms with Crippen LogP contribution in [0.25, 0.3) is 16.6 Å². The van der Waals surface area contributed by atoms with Crippen LogP contribution in [-0.2, 0) is 6.42 Å². The number of para-hydroxylation sites is 1. The minimum absolute atomic E-state index is 0.179. The number of hydrogen-bond donors (Lipinski definition) is 2. The van der Waals surface area contributed by atoms with E-state index < -0.39 is 0 Å². The number of carbonyl (C=O) groups is 1. The summed E-state index contributed by atoms with van der Waals surface area (Å²) in [4.78, 5) is 29.5. The van der Waals surface area contributed by atoms with Gasteiger partial charge in [0.25, 0.3) is 11.5 Å². The lowest BCUT2D eigenvalue weighted by atomic mass is 10.0. The molecule has 0 saturated heterocycles. The Balaban J connectivity index is 1.51. The van der Waals surface area contributed by atoms with Gasteiger partial charge in [-0.25, -0.2) is 4.52 Å². The molecule has 0 saturated carbocycles. The van der Waals surface area contributed by atoms with Crippen molar-refractivity contribution in [1.82, 2.24) is 19.9 Å². The van der Waals surface area contributed by atoms with E-state index >= 15 is 0 Å². The van der Waals surface area contributed by atoms with Gasteiger partial charge in [-0.2, -0.15) is 5.10 Å². The Hall–Kier alpha value is -3.71. The lowest BCUT2D eigenvalue weighted by molar-refractivity contribution is 0.0938. The van der Waals surface area contributed by atoms with Crippen LogP contribution in [0.1, 0.15) is 26.8 Å². The van der Waals surface area contributed by atoms with Gasteiger partial charge >= 0.3 is 0 Å². The molecule has 5 rings (SSSR count). The molecule has 1 amide bonds. The third kappa shape index (κ3) is 3.29. The van der Waals surface area contributed by atoms with E-state index in [1.165, 1.54) is 6.20 Å². The molecule has 3 heterocycles. The van der Waals surface area contributed by atoms with Crippen molar-refractivity contribution in [3.63, 3.8) is 0 Å². The van der Waals surface area contributed by atoms with Crippen LogP contribution in [0.3, 0.4) is 0 Å². The molecule has 2 aromatic carbocycles. The summed E-state index contributed by atoms with van der Waals surface area (Å²) in [7, 11) is 0. The van der Waals surface area contributed by atoms with E-state index in [2.05, 4.69) is 15.4 Å². The van der Waals surface area contributed by atoms with Gasteiger partial charge in [-0.05, 0) is 35.6 Å². The molecule has 6 nitrogen and oxygen atoms in total. The quantitative estimate of drug-likeness (QED) is 0.457. The van der Waals surface area contributed by atoms with Crippen LogP contribution in [0.5, 0.6) is 0 Å². The SMILES string of the molecule is O=C(NC(Cc1ccccc1)c1cccs1)c1cnn2c1[nH]c(=O)c1ccccc12. The standard InChI is InChI=1S/C23H18N4O2S/c28-22-16-9-4-5-10-19(16)27-21(26-22)17(14-24-27)23(29)25-18(20-11-6-12-30-20)13-15-7-2-1-3-8-15/h1-12,14,18H,13H2,(H,25,29)(H,26,28). The molecule has 1 atom stereocenters. The lowest BCUT2D eigenvalue weighted by Crippen LogP contribution is -2.29. The molecule has 7 heteroatoms. The second-order valence-electron chi connectivity index (χ2n) is 7.02. The van der Waals surface area contributed by atoms with Crippen LogP contribution in [0.4, 0.5) is 0 Å². The summed E-state index contributed by atoms with van der Waals surface area (Å²) in [6.45, 7) is 0. The summed E-state index contributed by atoms with van der Waals surface area (Å²) in [6, 6.07) is 21.1. The predicted octanol–water partition coefficient (Wildman–Crippen LogP) is 3.95. The monoisotopic (exact) mass is 414 g/mol. The number of hydrogen-bond acceptors (Lipinski definition) is 4. The van der Waals surface area contributed by atoms with E-state index in [1.807, 2.05) is 60.0 Å². The van der Waals surface area contributed by atoms with Gasteiger partial charge in [0.2, 0.25) is 0 Å². The number of nitrogens with one attached hydrogen (secondary N) is 2. The van der Waals surface area contributed by atoms with Crippen molar-refractivity contribution in [2.75, 3.05) is 0 Å². The molecule has 3 aromatic heterocycles. The van der Waals surface area contributed by atoms with E-state index in [-0.39, 0.29) is 17.5 Å². The molecule has 1 unspecified atom stereocenters. The van der Waals surface area contributed by atoms with Crippen molar-refractivity contribution in [2.24, 2.45) is 0 Å². The first-order chi connectivity index (χ1) is 14.7. The Morgan fingerprint density at radius 1 is 1.07 bits per heavy atom. The number of nitrogens with zero attached hydrogens (tertiary/aromatic N) is 2. The Morgan fingerprint density at radius 3 is 2.67 bits per heavy atom. The number of aromatic amines is 1. The molecular weight excluding hydrogens is 396 g/mol. The summed E-state index contributed by atoms with van der Waals surface area (Å²) in [5.74, 6) is -0.273. The number of amides is 1. The topological polar surface area (TPSA) is 79.3 Å². The van der Waals surface area contributed by atoms with E-state index in [0.717, 1.165) is 10.4 Å². The van der Waals surface area contributed by atoms with Crippen molar-refractivity contribution >= 4 is 33.8 Å². The zero-order valence-electron chi connectivity index (χ0n) is 15.9. The molecule has 2 N–H and O–H groups in total. The van der Waals surface area contributed by atoms with Crippen molar-refractivity contribution in [3.8, 4) is 0 Å². The number of carbonyl (C=O) groups excluding carboxylic acids is 1. The van der Waals surface area contributed by atoms with Gasteiger partial charge < -0.3 is 10.3 Å². The van der Waals surface area contributed by atoms with E-state index in [0.29, 0.717) is 28.5 Å². The van der Waals surface area contributed by atoms with Gasteiger partial charge in [0.15, 0.2) is 0 Å². The summed E-state index contributed by atoms with van der Waals surface area (Å²) in [5, 5.41) is 10.0. The fourth-order valence-corrected chi connectivity index (χ4v) is 4.42. The number of fused-ring (bicyclic) bond motifs is 3. The Kier molecular flexibility index (Phi) is 4.65. The number of H-pyrrole nitrogens is 1. The second-order valence-corrected chi connectivity index (χ2v) is 8.00. The number of thiophene rings is 1. The first-order valence-corrected chi connectivity index (χ1v) is 10.5. The normalized spacial score (nSPS) is 12.3. The molecule has 0 fully saturated rings. The first kappa shape index (κ1) is 18.3. The Morgan fingerprint density at radius 2 is 1.87 bits per heavy atom. The molecule has 0 aliphatic heterocycles. The van der Waals surface area contributed by atoms with Gasteiger partial charge in [0, 0.05) is 4.88 Å². The molecule has 148 valence electrons. The highest BCUT2D eigenvalue weighted by atomic mass is 32.1. The molecule has 0 aliphatic rings. The minimum Gasteiger partial charge on any atom is -0.344 e. The summed E-state index contributed by atoms with van der Waals surface area (Å²) in [5.41, 5.74) is 2.28. The van der Waals surface area contributed by atoms with E-state index in [9.17, 15) is 9.59 Å². The van der Waals surface area contributed by atoms with Crippen molar-refractivity contribution in [1.29, 1.82) is 0 Å². The van der Waals surface area contributed by atoms with Gasteiger partial charge in [0.1, 0.15) is 11.2 Å². The van der Waals surface area contributed by atoms with Crippen LogP contribution >= 0.6 is 11.3 Å². The van der Waals surface area contributed by atoms with E-state index in [4.69, 9.17) is 0 Å². The van der Waals surface area contributed by atoms with Crippen LogP contribution in [-0.4, -0.2) is 20.5 Å². The fourth-order valence-electron chi connectivity index (χ4n) is 3.64. The average Bonchev–Trinajstić information content (AvgIpc) is 3.45. The third-order valence-corrected chi connectivity index (χ3v) is 6.08. The Bertz CT molecular complexity index is 1390. The summed E-state index contributed by atoms with van der Waals surface area (Å²) < 4.78 is 1.60. The zero-order chi connectivity index (χ0) is 20.5. The highest BCUT2D eigenvalue weighted by Gasteiger charge is 2.21. The Labute approximate surface area is 175 Å². The molecule has 5 aromatic rings. The highest BCUT2D eigenvalue weighted by molar-refractivity contribution is 7.10. The average molecular weight is 414 g/mol. The van der Waals surface area contributed by atoms with Crippen LogP contribution in [0.2, 0.25) is 0 Å². The molecule has 0 aliphatic carbocycles. The van der Waals surface area contributed by atoms with Crippen LogP contribution in [0, 0.1) is 0 Å². The molecular formula is C23H18N4O2S. The van der Waals surface area contributed by atoms with Crippen LogP contribution in [0.15, 0.2) is 83.1 Å². The van der Waals surface area contributed by atoms with Gasteiger partial charge in [-0.1, -0.05) is 48.5 Å². The zero-order valence-corrected chi connectivity index (χ0v) is 16.7. The number of aromatic nitrogens is 3. The maximum absolute atomic E-state index is 13.2. The van der Waals surface area contributed by atoms with Gasteiger partial charge in [-0.3, -0.25) is 9.59 Å². The lowest BCUT2D eigenvalue weighted by Gasteiger charge is -2.17. The third-order valence-electron chi connectivity index (χ3n) is 5.10. The first-order valence-electron chi connectivity index (χ1n) is 9.57. The second kappa shape index (κ2) is 7.61. The molecule has 0 radical (unpaired) electrons. The molecule has 30 heavy (non-hydrogen) atoms. The largest absolute Gasteiger partial charge is 0.344 e. The smallest absolute Gasteiger partial charge is 0.259 e. The van der Waals surface area contributed by atoms with Gasteiger partial charge in [0.05, 0.1) is 23.1 Å². The van der Waals surface area contributed by atoms with Crippen molar-refractivity contribution in [3.05, 3.63) is 105 Å². The maximum Gasteiger partial charge on any atom is 0.259 e. The predicted molar refractivity (Wildman–Crippen MR) is 118 cm³/mol. The molecule has 0 spiro atoms. The highest BCUT2D eigenvalue weighted by Crippen LogP contribution is 2.24. The maximum atomic E-state index is 13.2.